The number of aryl methyl sites for hydroxylation is 1. The van der Waals surface area contributed by atoms with Gasteiger partial charge in [-0.3, -0.25) is 0 Å². The Hall–Kier alpha value is -1.30. The van der Waals surface area contributed by atoms with Gasteiger partial charge in [-0.25, -0.2) is 4.98 Å². The van der Waals surface area contributed by atoms with Crippen LogP contribution in [-0.2, 0) is 6.61 Å². The molecule has 1 heterocycles. The van der Waals surface area contributed by atoms with E-state index in [0.29, 0.717) is 0 Å². The van der Waals surface area contributed by atoms with Crippen LogP contribution in [0.5, 0.6) is 0 Å². The van der Waals surface area contributed by atoms with Gasteiger partial charge >= 0.3 is 0 Å². The average Bonchev–Trinajstić information content (AvgIpc) is 2.82. The summed E-state index contributed by atoms with van der Waals surface area (Å²) in [5.41, 5.74) is 4.13. The number of benzene rings is 2. The number of hydrogen-bond donors (Lipinski definition) is 2. The van der Waals surface area contributed by atoms with E-state index >= 15 is 0 Å². The van der Waals surface area contributed by atoms with E-state index in [1.165, 1.54) is 5.56 Å². The van der Waals surface area contributed by atoms with E-state index in [1.54, 1.807) is 11.8 Å². The molecule has 20 heavy (non-hydrogen) atoms. The topological polar surface area (TPSA) is 48.9 Å². The van der Waals surface area contributed by atoms with Crippen LogP contribution < -0.4 is 0 Å². The summed E-state index contributed by atoms with van der Waals surface area (Å²) in [5, 5.41) is 9.98. The van der Waals surface area contributed by atoms with Gasteiger partial charge in [0.25, 0.3) is 0 Å². The molecular weight excluding hydrogens is 336 g/mol. The molecule has 0 fully saturated rings. The second-order valence-electron chi connectivity index (χ2n) is 4.59. The number of hydrogen-bond acceptors (Lipinski definition) is 3. The van der Waals surface area contributed by atoms with Crippen LogP contribution in [-0.4, -0.2) is 15.1 Å². The molecule has 0 aliphatic rings. The van der Waals surface area contributed by atoms with Gasteiger partial charge in [0.05, 0.1) is 17.6 Å². The van der Waals surface area contributed by atoms with Crippen molar-refractivity contribution in [2.24, 2.45) is 0 Å². The monoisotopic (exact) mass is 348 g/mol. The van der Waals surface area contributed by atoms with Crippen molar-refractivity contribution in [2.45, 2.75) is 23.6 Å². The summed E-state index contributed by atoms with van der Waals surface area (Å²) in [6, 6.07) is 12.0. The van der Waals surface area contributed by atoms with Crippen molar-refractivity contribution in [1.29, 1.82) is 0 Å². The Balaban J connectivity index is 1.92. The first-order valence-electron chi connectivity index (χ1n) is 6.19. The highest BCUT2D eigenvalue weighted by atomic mass is 79.9. The highest BCUT2D eigenvalue weighted by Crippen LogP contribution is 2.33. The third-order valence-corrected chi connectivity index (χ3v) is 4.88. The molecule has 2 aromatic carbocycles. The lowest BCUT2D eigenvalue weighted by atomic mass is 10.2. The smallest absolute Gasteiger partial charge is 0.171 e. The zero-order valence-corrected chi connectivity index (χ0v) is 13.3. The summed E-state index contributed by atoms with van der Waals surface area (Å²) in [4.78, 5) is 8.96. The summed E-state index contributed by atoms with van der Waals surface area (Å²) < 4.78 is 0.964. The molecule has 3 aromatic rings. The first kappa shape index (κ1) is 13.7. The fraction of sp³-hybridized carbons (Fsp3) is 0.133. The summed E-state index contributed by atoms with van der Waals surface area (Å²) in [6.07, 6.45) is 0. The number of imidazole rings is 1. The van der Waals surface area contributed by atoms with Crippen molar-refractivity contribution in [2.75, 3.05) is 0 Å². The third-order valence-electron chi connectivity index (χ3n) is 3.00. The number of aliphatic hydroxyl groups is 1. The summed E-state index contributed by atoms with van der Waals surface area (Å²) in [6.45, 7) is 2.12. The first-order valence-corrected chi connectivity index (χ1v) is 7.80. The number of rotatable bonds is 3. The minimum atomic E-state index is 0.0491. The van der Waals surface area contributed by atoms with Crippen molar-refractivity contribution in [1.82, 2.24) is 9.97 Å². The van der Waals surface area contributed by atoms with Crippen LogP contribution >= 0.6 is 27.7 Å². The molecule has 5 heteroatoms. The minimum absolute atomic E-state index is 0.0491. The predicted molar refractivity (Wildman–Crippen MR) is 85.0 cm³/mol. The van der Waals surface area contributed by atoms with Crippen LogP contribution in [0, 0.1) is 6.92 Å². The SMILES string of the molecule is Cc1ccc2nc(Sc3ccc(CO)cc3Br)[nH]c2c1. The van der Waals surface area contributed by atoms with Gasteiger partial charge in [-0.05, 0) is 58.2 Å². The van der Waals surface area contributed by atoms with Crippen molar-refractivity contribution >= 4 is 38.7 Å². The van der Waals surface area contributed by atoms with Gasteiger partial charge in [0.15, 0.2) is 5.16 Å². The number of nitrogens with zero attached hydrogens (tertiary/aromatic N) is 1. The van der Waals surface area contributed by atoms with Gasteiger partial charge in [0, 0.05) is 9.37 Å². The highest BCUT2D eigenvalue weighted by molar-refractivity contribution is 9.10. The number of aliphatic hydroxyl groups excluding tert-OH is 1. The van der Waals surface area contributed by atoms with Crippen molar-refractivity contribution < 1.29 is 5.11 Å². The Morgan fingerprint density at radius 2 is 2.10 bits per heavy atom. The van der Waals surface area contributed by atoms with Gasteiger partial charge < -0.3 is 10.1 Å². The van der Waals surface area contributed by atoms with Crippen LogP contribution in [0.2, 0.25) is 0 Å². The maximum Gasteiger partial charge on any atom is 0.171 e. The lowest BCUT2D eigenvalue weighted by molar-refractivity contribution is 0.281. The normalized spacial score (nSPS) is 11.2. The molecule has 0 amide bonds. The second-order valence-corrected chi connectivity index (χ2v) is 6.47. The number of aromatic nitrogens is 2. The van der Waals surface area contributed by atoms with Crippen LogP contribution in [0.4, 0.5) is 0 Å². The van der Waals surface area contributed by atoms with E-state index < -0.39 is 0 Å². The molecule has 0 atom stereocenters. The number of fused-ring (bicyclic) bond motifs is 1. The molecule has 3 rings (SSSR count). The fourth-order valence-electron chi connectivity index (χ4n) is 1.98. The molecule has 0 aliphatic carbocycles. The van der Waals surface area contributed by atoms with Gasteiger partial charge in [-0.2, -0.15) is 0 Å². The van der Waals surface area contributed by atoms with Crippen molar-refractivity contribution in [3.05, 3.63) is 52.0 Å². The molecule has 0 aliphatic heterocycles. The van der Waals surface area contributed by atoms with Gasteiger partial charge in [-0.15, -0.1) is 0 Å². The zero-order valence-electron chi connectivity index (χ0n) is 10.9. The van der Waals surface area contributed by atoms with Gasteiger partial charge in [0.2, 0.25) is 0 Å². The van der Waals surface area contributed by atoms with E-state index in [1.807, 2.05) is 24.3 Å². The molecule has 0 saturated carbocycles. The molecule has 0 unspecified atom stereocenters. The summed E-state index contributed by atoms with van der Waals surface area (Å²) >= 11 is 5.10. The zero-order chi connectivity index (χ0) is 14.1. The third kappa shape index (κ3) is 2.75. The summed E-state index contributed by atoms with van der Waals surface area (Å²) in [7, 11) is 0. The van der Waals surface area contributed by atoms with E-state index in [0.717, 1.165) is 31.1 Å². The summed E-state index contributed by atoms with van der Waals surface area (Å²) in [5.74, 6) is 0. The first-order chi connectivity index (χ1) is 9.65. The van der Waals surface area contributed by atoms with Crippen molar-refractivity contribution in [3.63, 3.8) is 0 Å². The molecule has 0 radical (unpaired) electrons. The largest absolute Gasteiger partial charge is 0.392 e. The number of halogens is 1. The molecule has 3 nitrogen and oxygen atoms in total. The average molecular weight is 349 g/mol. The fourth-order valence-corrected chi connectivity index (χ4v) is 3.45. The molecular formula is C15H13BrN2OS. The van der Waals surface area contributed by atoms with E-state index in [2.05, 4.69) is 45.0 Å². The Labute approximate surface area is 129 Å². The predicted octanol–water partition coefficient (Wildman–Crippen LogP) is 4.28. The number of H-pyrrole nitrogens is 1. The highest BCUT2D eigenvalue weighted by Gasteiger charge is 2.08. The van der Waals surface area contributed by atoms with E-state index in [4.69, 9.17) is 5.11 Å². The molecule has 2 N–H and O–H groups in total. The number of aromatic amines is 1. The Bertz CT molecular complexity index is 770. The molecule has 0 saturated heterocycles. The molecule has 1 aromatic heterocycles. The maximum atomic E-state index is 9.12. The lowest BCUT2D eigenvalue weighted by Crippen LogP contribution is -1.84. The quantitative estimate of drug-likeness (QED) is 0.742. The van der Waals surface area contributed by atoms with Gasteiger partial charge in [-0.1, -0.05) is 23.9 Å². The Kier molecular flexibility index (Phi) is 3.83. The Morgan fingerprint density at radius 1 is 1.25 bits per heavy atom. The van der Waals surface area contributed by atoms with Crippen LogP contribution in [0.3, 0.4) is 0 Å². The van der Waals surface area contributed by atoms with Crippen LogP contribution in [0.1, 0.15) is 11.1 Å². The number of nitrogens with one attached hydrogen (secondary N) is 1. The van der Waals surface area contributed by atoms with Crippen molar-refractivity contribution in [3.8, 4) is 0 Å². The van der Waals surface area contributed by atoms with Crippen LogP contribution in [0.25, 0.3) is 11.0 Å². The standard InChI is InChI=1S/C15H13BrN2OS/c1-9-2-4-12-13(6-9)18-15(17-12)20-14-5-3-10(8-19)7-11(14)16/h2-7,19H,8H2,1H3,(H,17,18). The lowest BCUT2D eigenvalue weighted by Gasteiger charge is -2.03. The second kappa shape index (κ2) is 5.60. The van der Waals surface area contributed by atoms with Crippen LogP contribution in [0.15, 0.2) is 50.9 Å². The van der Waals surface area contributed by atoms with E-state index in [9.17, 15) is 0 Å². The minimum Gasteiger partial charge on any atom is -0.392 e. The molecule has 102 valence electrons. The van der Waals surface area contributed by atoms with E-state index in [-0.39, 0.29) is 6.61 Å². The Morgan fingerprint density at radius 3 is 2.85 bits per heavy atom. The molecule has 0 spiro atoms. The van der Waals surface area contributed by atoms with Gasteiger partial charge in [0.1, 0.15) is 0 Å². The molecule has 0 bridgehead atoms. The maximum absolute atomic E-state index is 9.12.